The van der Waals surface area contributed by atoms with E-state index in [1.54, 1.807) is 11.3 Å². The Morgan fingerprint density at radius 3 is 3.06 bits per heavy atom. The molecule has 2 heterocycles. The van der Waals surface area contributed by atoms with Gasteiger partial charge in [-0.3, -0.25) is 4.79 Å². The van der Waals surface area contributed by atoms with Gasteiger partial charge in [0.2, 0.25) is 0 Å². The molecular weight excluding hydrogens is 232 g/mol. The molecule has 0 radical (unpaired) electrons. The quantitative estimate of drug-likeness (QED) is 0.865. The van der Waals surface area contributed by atoms with Gasteiger partial charge in [0.25, 0.3) is 5.91 Å². The molecular formula is C13H20N2OS. The lowest BCUT2D eigenvalue weighted by Crippen LogP contribution is -2.51. The topological polar surface area (TPSA) is 41.1 Å². The highest BCUT2D eigenvalue weighted by atomic mass is 32.1. The number of rotatable bonds is 3. The molecule has 0 aliphatic carbocycles. The van der Waals surface area contributed by atoms with Gasteiger partial charge in [-0.15, -0.1) is 11.3 Å². The van der Waals surface area contributed by atoms with Crippen LogP contribution in [0.15, 0.2) is 12.1 Å². The second-order valence-electron chi connectivity index (χ2n) is 4.58. The minimum Gasteiger partial charge on any atom is -0.347 e. The number of aryl methyl sites for hydroxylation is 1. The van der Waals surface area contributed by atoms with Gasteiger partial charge >= 0.3 is 0 Å². The van der Waals surface area contributed by atoms with Crippen molar-refractivity contribution in [3.63, 3.8) is 0 Å². The predicted molar refractivity (Wildman–Crippen MR) is 71.6 cm³/mol. The standard InChI is InChI=1S/C13H20N2OS/c1-3-10-6-7-12(17-10)13(16)15-11-5-4-8-14-9(11)2/h6-7,9,11,14H,3-5,8H2,1-2H3,(H,15,16). The Morgan fingerprint density at radius 2 is 2.41 bits per heavy atom. The van der Waals surface area contributed by atoms with Gasteiger partial charge in [0.05, 0.1) is 4.88 Å². The Labute approximate surface area is 107 Å². The number of nitrogens with one attached hydrogen (secondary N) is 2. The monoisotopic (exact) mass is 252 g/mol. The molecule has 2 unspecified atom stereocenters. The summed E-state index contributed by atoms with van der Waals surface area (Å²) < 4.78 is 0. The highest BCUT2D eigenvalue weighted by Crippen LogP contribution is 2.17. The zero-order valence-electron chi connectivity index (χ0n) is 10.5. The second-order valence-corrected chi connectivity index (χ2v) is 5.75. The molecule has 1 aromatic rings. The Hall–Kier alpha value is -0.870. The molecule has 2 N–H and O–H groups in total. The van der Waals surface area contributed by atoms with Crippen molar-refractivity contribution in [2.75, 3.05) is 6.54 Å². The molecule has 2 atom stereocenters. The highest BCUT2D eigenvalue weighted by Gasteiger charge is 2.23. The largest absolute Gasteiger partial charge is 0.347 e. The molecule has 4 heteroatoms. The normalized spacial score (nSPS) is 24.6. The van der Waals surface area contributed by atoms with Crippen molar-refractivity contribution in [2.45, 2.75) is 45.2 Å². The van der Waals surface area contributed by atoms with Crippen molar-refractivity contribution in [3.05, 3.63) is 21.9 Å². The molecule has 1 aliphatic rings. The van der Waals surface area contributed by atoms with Crippen molar-refractivity contribution in [2.24, 2.45) is 0 Å². The van der Waals surface area contributed by atoms with Crippen molar-refractivity contribution >= 4 is 17.2 Å². The van der Waals surface area contributed by atoms with Crippen LogP contribution in [0.2, 0.25) is 0 Å². The van der Waals surface area contributed by atoms with Crippen molar-refractivity contribution < 1.29 is 4.79 Å². The molecule has 0 bridgehead atoms. The summed E-state index contributed by atoms with van der Waals surface area (Å²) in [5.74, 6) is 0.0789. The number of carbonyl (C=O) groups is 1. The summed E-state index contributed by atoms with van der Waals surface area (Å²) in [7, 11) is 0. The Balaban J connectivity index is 1.96. The van der Waals surface area contributed by atoms with Crippen LogP contribution in [0, 0.1) is 0 Å². The smallest absolute Gasteiger partial charge is 0.261 e. The lowest BCUT2D eigenvalue weighted by molar-refractivity contribution is 0.0924. The molecule has 0 aromatic carbocycles. The van der Waals surface area contributed by atoms with Crippen LogP contribution < -0.4 is 10.6 Å². The van der Waals surface area contributed by atoms with Gasteiger partial charge in [0, 0.05) is 17.0 Å². The molecule has 94 valence electrons. The fraction of sp³-hybridized carbons (Fsp3) is 0.615. The predicted octanol–water partition coefficient (Wildman–Crippen LogP) is 2.18. The van der Waals surface area contributed by atoms with Crippen LogP contribution in [-0.4, -0.2) is 24.5 Å². The van der Waals surface area contributed by atoms with Gasteiger partial charge in [-0.05, 0) is 44.9 Å². The summed E-state index contributed by atoms with van der Waals surface area (Å²) in [6.07, 6.45) is 3.21. The molecule has 0 saturated carbocycles. The van der Waals surface area contributed by atoms with Crippen molar-refractivity contribution in [3.8, 4) is 0 Å². The molecule has 3 nitrogen and oxygen atoms in total. The van der Waals surface area contributed by atoms with E-state index in [2.05, 4.69) is 24.5 Å². The fourth-order valence-electron chi connectivity index (χ4n) is 2.17. The fourth-order valence-corrected chi connectivity index (χ4v) is 3.02. The van der Waals surface area contributed by atoms with Crippen LogP contribution in [0.3, 0.4) is 0 Å². The molecule has 1 aliphatic heterocycles. The first-order valence-electron chi connectivity index (χ1n) is 6.33. The van der Waals surface area contributed by atoms with E-state index in [0.29, 0.717) is 6.04 Å². The van der Waals surface area contributed by atoms with Gasteiger partial charge in [0.15, 0.2) is 0 Å². The van der Waals surface area contributed by atoms with Crippen molar-refractivity contribution in [1.82, 2.24) is 10.6 Å². The van der Waals surface area contributed by atoms with E-state index in [0.717, 1.165) is 30.7 Å². The van der Waals surface area contributed by atoms with E-state index in [1.165, 1.54) is 4.88 Å². The SMILES string of the molecule is CCc1ccc(C(=O)NC2CCCNC2C)s1. The van der Waals surface area contributed by atoms with Crippen LogP contribution in [0.5, 0.6) is 0 Å². The number of carbonyl (C=O) groups excluding carboxylic acids is 1. The maximum atomic E-state index is 12.1. The molecule has 1 amide bonds. The third-order valence-electron chi connectivity index (χ3n) is 3.31. The Kier molecular flexibility index (Phi) is 4.18. The molecule has 17 heavy (non-hydrogen) atoms. The average molecular weight is 252 g/mol. The maximum Gasteiger partial charge on any atom is 0.261 e. The van der Waals surface area contributed by atoms with Gasteiger partial charge in [-0.1, -0.05) is 6.92 Å². The van der Waals surface area contributed by atoms with E-state index in [9.17, 15) is 4.79 Å². The van der Waals surface area contributed by atoms with Crippen LogP contribution >= 0.6 is 11.3 Å². The van der Waals surface area contributed by atoms with Crippen LogP contribution in [0.1, 0.15) is 41.2 Å². The van der Waals surface area contributed by atoms with E-state index in [4.69, 9.17) is 0 Å². The highest BCUT2D eigenvalue weighted by molar-refractivity contribution is 7.14. The molecule has 1 saturated heterocycles. The van der Waals surface area contributed by atoms with Gasteiger partial charge in [0.1, 0.15) is 0 Å². The van der Waals surface area contributed by atoms with Gasteiger partial charge in [-0.2, -0.15) is 0 Å². The zero-order chi connectivity index (χ0) is 12.3. The zero-order valence-corrected chi connectivity index (χ0v) is 11.3. The molecule has 0 spiro atoms. The van der Waals surface area contributed by atoms with Gasteiger partial charge in [-0.25, -0.2) is 0 Å². The summed E-state index contributed by atoms with van der Waals surface area (Å²) in [5, 5.41) is 6.53. The Bertz CT molecular complexity index is 389. The van der Waals surface area contributed by atoms with Gasteiger partial charge < -0.3 is 10.6 Å². The molecule has 1 aromatic heterocycles. The molecule has 1 fully saturated rings. The summed E-state index contributed by atoms with van der Waals surface area (Å²) >= 11 is 1.60. The van der Waals surface area contributed by atoms with Crippen LogP contribution in [0.25, 0.3) is 0 Å². The second kappa shape index (κ2) is 5.65. The third-order valence-corrected chi connectivity index (χ3v) is 4.54. The number of piperidine rings is 1. The van der Waals surface area contributed by atoms with E-state index in [-0.39, 0.29) is 11.9 Å². The number of thiophene rings is 1. The van der Waals surface area contributed by atoms with Crippen LogP contribution in [-0.2, 0) is 6.42 Å². The van der Waals surface area contributed by atoms with E-state index < -0.39 is 0 Å². The lowest BCUT2D eigenvalue weighted by atomic mass is 10.00. The summed E-state index contributed by atoms with van der Waals surface area (Å²) in [4.78, 5) is 14.2. The molecule has 2 rings (SSSR count). The number of hydrogen-bond donors (Lipinski definition) is 2. The van der Waals surface area contributed by atoms with E-state index in [1.807, 2.05) is 12.1 Å². The minimum atomic E-state index is 0.0789. The average Bonchev–Trinajstić information content (AvgIpc) is 2.81. The van der Waals surface area contributed by atoms with E-state index >= 15 is 0 Å². The maximum absolute atomic E-state index is 12.1. The summed E-state index contributed by atoms with van der Waals surface area (Å²) in [6.45, 7) is 5.31. The van der Waals surface area contributed by atoms with Crippen LogP contribution in [0.4, 0.5) is 0 Å². The number of hydrogen-bond acceptors (Lipinski definition) is 3. The third kappa shape index (κ3) is 3.07. The Morgan fingerprint density at radius 1 is 1.59 bits per heavy atom. The summed E-state index contributed by atoms with van der Waals surface area (Å²) in [6, 6.07) is 4.61. The first-order chi connectivity index (χ1) is 8.20. The summed E-state index contributed by atoms with van der Waals surface area (Å²) in [5.41, 5.74) is 0. The first-order valence-corrected chi connectivity index (χ1v) is 7.15. The minimum absolute atomic E-state index is 0.0789. The first kappa shape index (κ1) is 12.6. The lowest BCUT2D eigenvalue weighted by Gasteiger charge is -2.30. The van der Waals surface area contributed by atoms with Crippen molar-refractivity contribution in [1.29, 1.82) is 0 Å². The number of amides is 1.